The van der Waals surface area contributed by atoms with Gasteiger partial charge in [0, 0.05) is 13.1 Å². The Kier molecular flexibility index (Phi) is 5.58. The minimum Gasteiger partial charge on any atom is -0.378 e. The third kappa shape index (κ3) is 3.95. The van der Waals surface area contributed by atoms with Crippen LogP contribution in [0.3, 0.4) is 0 Å². The zero-order valence-electron chi connectivity index (χ0n) is 17.0. The number of nitrogens with one attached hydrogen (secondary N) is 1. The summed E-state index contributed by atoms with van der Waals surface area (Å²) in [7, 11) is 0. The van der Waals surface area contributed by atoms with E-state index >= 15 is 0 Å². The summed E-state index contributed by atoms with van der Waals surface area (Å²) in [5.74, 6) is -1.04. The van der Waals surface area contributed by atoms with Crippen LogP contribution in [0.4, 0.5) is 11.5 Å². The van der Waals surface area contributed by atoms with Crippen molar-refractivity contribution in [3.63, 3.8) is 0 Å². The fraction of sp³-hybridized carbons (Fsp3) is 0.273. The summed E-state index contributed by atoms with van der Waals surface area (Å²) in [6, 6.07) is 13.1. The van der Waals surface area contributed by atoms with Crippen LogP contribution in [0.1, 0.15) is 21.7 Å². The number of hydrogen-bond donors (Lipinski definition) is 1. The van der Waals surface area contributed by atoms with E-state index in [1.165, 1.54) is 0 Å². The highest BCUT2D eigenvalue weighted by atomic mass is 16.5. The molecule has 0 unspecified atom stereocenters. The monoisotopic (exact) mass is 405 g/mol. The van der Waals surface area contributed by atoms with Gasteiger partial charge in [-0.1, -0.05) is 18.2 Å². The van der Waals surface area contributed by atoms with Gasteiger partial charge in [0.05, 0.1) is 47.7 Å². The van der Waals surface area contributed by atoms with E-state index in [-0.39, 0.29) is 0 Å². The van der Waals surface area contributed by atoms with Crippen molar-refractivity contribution in [3.05, 3.63) is 65.6 Å². The van der Waals surface area contributed by atoms with Crippen LogP contribution >= 0.6 is 0 Å². The molecule has 0 spiro atoms. The van der Waals surface area contributed by atoms with E-state index in [2.05, 4.69) is 20.3 Å². The van der Waals surface area contributed by atoms with E-state index in [9.17, 15) is 9.59 Å². The summed E-state index contributed by atoms with van der Waals surface area (Å²) < 4.78 is 7.02. The number of Topliss-reactive ketones (excluding diaryl/α,β-unsaturated/α-hetero) is 1. The quantitative estimate of drug-likeness (QED) is 0.518. The molecular weight excluding hydrogens is 382 g/mol. The zero-order chi connectivity index (χ0) is 21.1. The minimum atomic E-state index is -0.736. The van der Waals surface area contributed by atoms with Gasteiger partial charge in [-0.05, 0) is 38.1 Å². The Morgan fingerprint density at radius 3 is 2.40 bits per heavy atom. The molecule has 1 amide bonds. The van der Waals surface area contributed by atoms with E-state index in [1.807, 2.05) is 36.4 Å². The third-order valence-electron chi connectivity index (χ3n) is 5.09. The van der Waals surface area contributed by atoms with Crippen molar-refractivity contribution in [1.29, 1.82) is 0 Å². The van der Waals surface area contributed by atoms with Crippen LogP contribution in [0.15, 0.2) is 48.7 Å². The summed E-state index contributed by atoms with van der Waals surface area (Å²) in [4.78, 5) is 31.9. The number of morpholine rings is 1. The summed E-state index contributed by atoms with van der Waals surface area (Å²) in [6.45, 7) is 6.47. The Labute approximate surface area is 174 Å². The number of nitrogens with zero attached hydrogens (tertiary/aromatic N) is 4. The van der Waals surface area contributed by atoms with Crippen LogP contribution in [-0.2, 0) is 9.53 Å². The van der Waals surface area contributed by atoms with Gasteiger partial charge in [-0.2, -0.15) is 5.10 Å². The van der Waals surface area contributed by atoms with E-state index in [0.29, 0.717) is 36.0 Å². The molecule has 8 nitrogen and oxygen atoms in total. The van der Waals surface area contributed by atoms with E-state index in [1.54, 1.807) is 30.8 Å². The predicted molar refractivity (Wildman–Crippen MR) is 113 cm³/mol. The molecular formula is C22H23N5O3. The van der Waals surface area contributed by atoms with Crippen molar-refractivity contribution in [2.75, 3.05) is 36.5 Å². The maximum atomic E-state index is 12.8. The van der Waals surface area contributed by atoms with Gasteiger partial charge in [0.1, 0.15) is 5.82 Å². The minimum absolute atomic E-state index is 0.307. The zero-order valence-corrected chi connectivity index (χ0v) is 17.0. The number of aromatic nitrogens is 3. The number of ether oxygens (including phenoxy) is 1. The number of anilines is 2. The number of aryl methyl sites for hydroxylation is 1. The van der Waals surface area contributed by atoms with Gasteiger partial charge in [0.2, 0.25) is 0 Å². The van der Waals surface area contributed by atoms with Crippen molar-refractivity contribution in [2.24, 2.45) is 0 Å². The molecule has 3 heterocycles. The first kappa shape index (κ1) is 19.8. The molecule has 1 saturated heterocycles. The number of para-hydroxylation sites is 1. The molecule has 1 N–H and O–H groups in total. The molecule has 3 aromatic rings. The first-order valence-electron chi connectivity index (χ1n) is 9.80. The number of amides is 1. The van der Waals surface area contributed by atoms with Crippen LogP contribution in [0.25, 0.3) is 5.69 Å². The topological polar surface area (TPSA) is 89.4 Å². The summed E-state index contributed by atoms with van der Waals surface area (Å²) in [6.07, 6.45) is 1.69. The van der Waals surface area contributed by atoms with Crippen molar-refractivity contribution < 1.29 is 14.3 Å². The van der Waals surface area contributed by atoms with Crippen LogP contribution in [0, 0.1) is 13.8 Å². The Morgan fingerprint density at radius 2 is 1.73 bits per heavy atom. The average molecular weight is 405 g/mol. The first-order valence-corrected chi connectivity index (χ1v) is 9.80. The van der Waals surface area contributed by atoms with Crippen LogP contribution in [-0.4, -0.2) is 52.8 Å². The molecule has 0 bridgehead atoms. The van der Waals surface area contributed by atoms with Gasteiger partial charge in [-0.3, -0.25) is 9.59 Å². The van der Waals surface area contributed by atoms with E-state index in [4.69, 9.17) is 4.74 Å². The van der Waals surface area contributed by atoms with Gasteiger partial charge in [-0.15, -0.1) is 0 Å². The number of benzene rings is 1. The molecule has 30 heavy (non-hydrogen) atoms. The second-order valence-corrected chi connectivity index (χ2v) is 7.08. The molecule has 4 rings (SSSR count). The molecule has 0 saturated carbocycles. The first-order chi connectivity index (χ1) is 14.5. The van der Waals surface area contributed by atoms with Gasteiger partial charge in [-0.25, -0.2) is 9.67 Å². The van der Waals surface area contributed by atoms with Crippen molar-refractivity contribution in [2.45, 2.75) is 13.8 Å². The molecule has 0 atom stereocenters. The third-order valence-corrected chi connectivity index (χ3v) is 5.09. The van der Waals surface area contributed by atoms with E-state index in [0.717, 1.165) is 24.5 Å². The Balaban J connectivity index is 1.49. The highest BCUT2D eigenvalue weighted by molar-refractivity contribution is 6.47. The lowest BCUT2D eigenvalue weighted by Crippen LogP contribution is -2.36. The Morgan fingerprint density at radius 1 is 1.00 bits per heavy atom. The van der Waals surface area contributed by atoms with Crippen molar-refractivity contribution >= 4 is 23.2 Å². The highest BCUT2D eigenvalue weighted by Crippen LogP contribution is 2.20. The van der Waals surface area contributed by atoms with Crippen molar-refractivity contribution in [3.8, 4) is 5.69 Å². The van der Waals surface area contributed by atoms with Crippen LogP contribution in [0.2, 0.25) is 0 Å². The predicted octanol–water partition coefficient (Wildman–Crippen LogP) is 2.54. The van der Waals surface area contributed by atoms with Gasteiger partial charge < -0.3 is 15.0 Å². The summed E-state index contributed by atoms with van der Waals surface area (Å²) in [5, 5.41) is 7.03. The molecule has 154 valence electrons. The molecule has 8 heteroatoms. The fourth-order valence-electron chi connectivity index (χ4n) is 3.55. The number of pyridine rings is 1. The summed E-state index contributed by atoms with van der Waals surface area (Å²) in [5.41, 5.74) is 3.22. The number of carbonyl (C=O) groups excluding carboxylic acids is 2. The maximum absolute atomic E-state index is 12.8. The second kappa shape index (κ2) is 8.46. The lowest BCUT2D eigenvalue weighted by molar-refractivity contribution is -0.112. The van der Waals surface area contributed by atoms with Gasteiger partial charge in [0.25, 0.3) is 11.7 Å². The molecule has 0 radical (unpaired) electrons. The molecule has 2 aromatic heterocycles. The maximum Gasteiger partial charge on any atom is 0.298 e. The number of rotatable bonds is 5. The van der Waals surface area contributed by atoms with Crippen molar-refractivity contribution in [1.82, 2.24) is 14.8 Å². The average Bonchev–Trinajstić information content (AvgIpc) is 3.08. The SMILES string of the molecule is Cc1nn(-c2ccccc2)c(C)c1C(=O)C(=O)Nc1ccc(N2CCOCC2)cn1. The second-order valence-electron chi connectivity index (χ2n) is 7.08. The fourth-order valence-corrected chi connectivity index (χ4v) is 3.55. The molecule has 1 aliphatic rings. The highest BCUT2D eigenvalue weighted by Gasteiger charge is 2.25. The van der Waals surface area contributed by atoms with Gasteiger partial charge in [0.15, 0.2) is 0 Å². The largest absolute Gasteiger partial charge is 0.378 e. The number of ketones is 1. The van der Waals surface area contributed by atoms with E-state index < -0.39 is 11.7 Å². The van der Waals surface area contributed by atoms with Crippen LogP contribution in [0.5, 0.6) is 0 Å². The standard InChI is InChI=1S/C22H23N5O3/c1-15-20(16(2)27(25-15)17-6-4-3-5-7-17)21(28)22(29)24-19-9-8-18(14-23-19)26-10-12-30-13-11-26/h3-9,14H,10-13H2,1-2H3,(H,23,24,29). The van der Waals surface area contributed by atoms with Gasteiger partial charge >= 0.3 is 0 Å². The lowest BCUT2D eigenvalue weighted by Gasteiger charge is -2.28. The Hall–Kier alpha value is -3.52. The molecule has 1 aliphatic heterocycles. The number of hydrogen-bond acceptors (Lipinski definition) is 6. The normalized spacial score (nSPS) is 13.9. The molecule has 1 fully saturated rings. The lowest BCUT2D eigenvalue weighted by atomic mass is 10.1. The number of carbonyl (C=O) groups is 2. The smallest absolute Gasteiger partial charge is 0.298 e. The Bertz CT molecular complexity index is 1050. The van der Waals surface area contributed by atoms with Crippen LogP contribution < -0.4 is 10.2 Å². The summed E-state index contributed by atoms with van der Waals surface area (Å²) >= 11 is 0. The molecule has 0 aliphatic carbocycles. The molecule has 1 aromatic carbocycles.